The van der Waals surface area contributed by atoms with Crippen LogP contribution in [0.5, 0.6) is 0 Å². The fraction of sp³-hybridized carbons (Fsp3) is 0.314. The Bertz CT molecular complexity index is 3510. The van der Waals surface area contributed by atoms with Gasteiger partial charge in [0.15, 0.2) is 5.78 Å². The molecule has 7 aromatic rings. The lowest BCUT2D eigenvalue weighted by molar-refractivity contribution is 0.0695. The number of hydrogen-bond donors (Lipinski definition) is 3. The summed E-state index contributed by atoms with van der Waals surface area (Å²) >= 11 is 20.2. The Morgan fingerprint density at radius 2 is 0.835 bits per heavy atom. The molecule has 448 valence electrons. The van der Waals surface area contributed by atoms with Gasteiger partial charge < -0.3 is 15.9 Å². The first-order valence-electron chi connectivity index (χ1n) is 26.8. The van der Waals surface area contributed by atoms with Gasteiger partial charge in [0.1, 0.15) is 0 Å². The molecule has 0 saturated carbocycles. The molecular formula is C70H77Br6N5O4. The summed E-state index contributed by atoms with van der Waals surface area (Å²) in [5.41, 5.74) is 20.9. The van der Waals surface area contributed by atoms with E-state index in [4.69, 9.17) is 37.0 Å². The van der Waals surface area contributed by atoms with E-state index in [0.717, 1.165) is 88.9 Å². The summed E-state index contributed by atoms with van der Waals surface area (Å²) in [5.74, 6) is -0.825. The molecule has 0 saturated heterocycles. The molecule has 0 aromatic heterocycles. The number of carbonyl (C=O) groups excluding carboxylic acids is 1. The van der Waals surface area contributed by atoms with Gasteiger partial charge in [-0.05, 0) is 255 Å². The van der Waals surface area contributed by atoms with Crippen molar-refractivity contribution in [1.29, 1.82) is 21.0 Å². The van der Waals surface area contributed by atoms with Crippen molar-refractivity contribution in [3.05, 3.63) is 239 Å². The molecule has 0 radical (unpaired) electrons. The second-order valence-corrected chi connectivity index (χ2v) is 26.9. The number of nitrogens with zero attached hydrogens (tertiary/aromatic N) is 4. The highest BCUT2D eigenvalue weighted by atomic mass is 79.9. The molecular weight excluding hydrogens is 1450 g/mol. The third-order valence-electron chi connectivity index (χ3n) is 13.4. The van der Waals surface area contributed by atoms with Crippen molar-refractivity contribution < 1.29 is 19.8 Å². The van der Waals surface area contributed by atoms with E-state index < -0.39 is 22.2 Å². The van der Waals surface area contributed by atoms with Crippen molar-refractivity contribution >= 4 is 107 Å². The second-order valence-electron chi connectivity index (χ2n) is 21.7. The Morgan fingerprint density at radius 1 is 0.494 bits per heavy atom. The van der Waals surface area contributed by atoms with Crippen LogP contribution in [0.15, 0.2) is 150 Å². The van der Waals surface area contributed by atoms with Gasteiger partial charge in [-0.1, -0.05) is 150 Å². The second kappa shape index (κ2) is 37.2. The third kappa shape index (κ3) is 26.5. The van der Waals surface area contributed by atoms with E-state index >= 15 is 0 Å². The number of rotatable bonds is 9. The molecule has 15 heteroatoms. The minimum absolute atomic E-state index is 0.0444. The summed E-state index contributed by atoms with van der Waals surface area (Å²) in [5, 5.41) is 53.9. The molecule has 7 rings (SSSR count). The van der Waals surface area contributed by atoms with Crippen LogP contribution >= 0.6 is 95.6 Å². The maximum Gasteiger partial charge on any atom is 0.335 e. The summed E-state index contributed by atoms with van der Waals surface area (Å²) in [6.45, 7) is 29.0. The average molecular weight is 1530 g/mol. The van der Waals surface area contributed by atoms with Crippen molar-refractivity contribution in [2.45, 2.75) is 145 Å². The average Bonchev–Trinajstić information content (AvgIpc) is 3.45. The van der Waals surface area contributed by atoms with Crippen molar-refractivity contribution in [2.75, 3.05) is 0 Å². The van der Waals surface area contributed by atoms with E-state index in [1.165, 1.54) is 16.7 Å². The van der Waals surface area contributed by atoms with Crippen LogP contribution in [-0.4, -0.2) is 22.0 Å². The van der Waals surface area contributed by atoms with Crippen LogP contribution < -0.4 is 5.73 Å². The van der Waals surface area contributed by atoms with Gasteiger partial charge in [0.2, 0.25) is 0 Å². The molecule has 0 aliphatic rings. The van der Waals surface area contributed by atoms with E-state index in [2.05, 4.69) is 151 Å². The van der Waals surface area contributed by atoms with Crippen molar-refractivity contribution in [3.63, 3.8) is 0 Å². The number of hydrogen-bond acceptors (Lipinski definition) is 8. The Morgan fingerprint density at radius 3 is 1.15 bits per heavy atom. The zero-order valence-electron chi connectivity index (χ0n) is 51.2. The number of nitrogens with two attached hydrogens (primary N) is 1. The Hall–Kier alpha value is -5.56. The minimum Gasteiger partial charge on any atom is -0.478 e. The van der Waals surface area contributed by atoms with Gasteiger partial charge in [0.05, 0.1) is 59.1 Å². The molecule has 0 heterocycles. The standard InChI is InChI=1S/C13H18N2.C13H15NO.C11H12BrN.C9H8BrN.C8H8Br2.C8H7BrO2.C8H9BrO/c2*1-9-7-11(10(2)15)5-6-12(9)13(3,4)8-14;1-8-6-9(12)4-5-10(8)11(2,3)7-13;1-7-6-9(10)3-2-8(7)4-5-11;1-6-4-8(10)3-2-7(6)5-9;1-5-4-6(9)2-3-7(5)8(10)11;1-6-4-8(9)3-2-7(6)5-10/h5-7,10H,15H2,1-4H3;5-7H,1-4H3;4-6H,1-3H3;2-3,6H,4H2,1H3;2-4H,5H2,1H3;2-4H,1H3,(H,10,11);2-4,10H,5H2,1H3. The summed E-state index contributed by atoms with van der Waals surface area (Å²) < 4.78 is 5.23. The number of Topliss-reactive ketones (excluding diaryl/α,β-unsaturated/α-hetero) is 1. The maximum absolute atomic E-state index is 11.2. The summed E-state index contributed by atoms with van der Waals surface area (Å²) in [6, 6.07) is 49.8. The fourth-order valence-electron chi connectivity index (χ4n) is 8.22. The van der Waals surface area contributed by atoms with Crippen LogP contribution in [0.4, 0.5) is 0 Å². The zero-order valence-corrected chi connectivity index (χ0v) is 60.7. The molecule has 0 spiro atoms. The molecule has 0 amide bonds. The number of aromatic carboxylic acids is 1. The largest absolute Gasteiger partial charge is 0.478 e. The molecule has 9 nitrogen and oxygen atoms in total. The van der Waals surface area contributed by atoms with E-state index in [1.54, 1.807) is 38.1 Å². The molecule has 1 atom stereocenters. The van der Waals surface area contributed by atoms with Gasteiger partial charge in [-0.3, -0.25) is 4.79 Å². The van der Waals surface area contributed by atoms with Crippen LogP contribution in [0.3, 0.4) is 0 Å². The van der Waals surface area contributed by atoms with Crippen LogP contribution in [0.2, 0.25) is 0 Å². The monoisotopic (exact) mass is 1530 g/mol. The topological polar surface area (TPSA) is 196 Å². The molecule has 1 unspecified atom stereocenters. The van der Waals surface area contributed by atoms with Crippen LogP contribution in [0, 0.1) is 93.8 Å². The Kier molecular flexibility index (Phi) is 33.9. The van der Waals surface area contributed by atoms with E-state index in [9.17, 15) is 9.59 Å². The lowest BCUT2D eigenvalue weighted by Crippen LogP contribution is -2.16. The molecule has 7 aromatic carbocycles. The van der Waals surface area contributed by atoms with Gasteiger partial charge in [-0.2, -0.15) is 21.0 Å². The summed E-state index contributed by atoms with van der Waals surface area (Å²) in [7, 11) is 0. The maximum atomic E-state index is 11.2. The van der Waals surface area contributed by atoms with Gasteiger partial charge >= 0.3 is 5.97 Å². The molecule has 85 heavy (non-hydrogen) atoms. The lowest BCUT2D eigenvalue weighted by Gasteiger charge is -2.20. The smallest absolute Gasteiger partial charge is 0.335 e. The number of aliphatic hydroxyl groups is 1. The Labute approximate surface area is 556 Å². The minimum atomic E-state index is -0.880. The van der Waals surface area contributed by atoms with Crippen LogP contribution in [-0.2, 0) is 34.6 Å². The van der Waals surface area contributed by atoms with Gasteiger partial charge in [-0.25, -0.2) is 4.79 Å². The first kappa shape index (κ1) is 77.5. The van der Waals surface area contributed by atoms with E-state index in [1.807, 2.05) is 162 Å². The summed E-state index contributed by atoms with van der Waals surface area (Å²) in [6.07, 6.45) is 0.499. The Balaban J connectivity index is 0.000000499. The normalized spacial score (nSPS) is 10.7. The summed E-state index contributed by atoms with van der Waals surface area (Å²) in [4.78, 5) is 21.7. The highest BCUT2D eigenvalue weighted by Crippen LogP contribution is 2.30. The first-order valence-corrected chi connectivity index (χ1v) is 31.9. The molecule has 0 aliphatic carbocycles. The predicted molar refractivity (Wildman–Crippen MR) is 370 cm³/mol. The third-order valence-corrected chi connectivity index (χ3v) is 16.4. The highest BCUT2D eigenvalue weighted by molar-refractivity contribution is 9.11. The number of aliphatic hydroxyl groups excluding tert-OH is 1. The number of halogens is 6. The molecule has 0 aliphatic heterocycles. The van der Waals surface area contributed by atoms with E-state index in [0.29, 0.717) is 17.5 Å². The number of benzene rings is 7. The number of aryl methyl sites for hydroxylation is 7. The van der Waals surface area contributed by atoms with Gasteiger partial charge in [0, 0.05) is 39.3 Å². The van der Waals surface area contributed by atoms with Crippen LogP contribution in [0.25, 0.3) is 0 Å². The number of carboxylic acid groups (broad SMARTS) is 1. The van der Waals surface area contributed by atoms with Crippen molar-refractivity contribution in [1.82, 2.24) is 0 Å². The number of ketones is 1. The highest BCUT2D eigenvalue weighted by Gasteiger charge is 2.24. The molecule has 0 bridgehead atoms. The number of carboxylic acids is 1. The number of carbonyl (C=O) groups is 2. The van der Waals surface area contributed by atoms with Gasteiger partial charge in [-0.15, -0.1) is 0 Å². The number of nitriles is 4. The van der Waals surface area contributed by atoms with Crippen molar-refractivity contribution in [2.24, 2.45) is 5.73 Å². The zero-order chi connectivity index (χ0) is 65.2. The molecule has 4 N–H and O–H groups in total. The van der Waals surface area contributed by atoms with Crippen LogP contribution in [0.1, 0.15) is 160 Å². The SMILES string of the molecule is CC(=O)c1ccc(C(C)(C)C#N)c(C)c1.Cc1cc(Br)ccc1C(=O)O.Cc1cc(Br)ccc1C(C)(C)C#N.Cc1cc(Br)ccc1CBr.Cc1cc(Br)ccc1CC#N.Cc1cc(Br)ccc1CO.Cc1cc(C(C)N)ccc1C(C)(C)C#N. The van der Waals surface area contributed by atoms with Gasteiger partial charge in [0.25, 0.3) is 0 Å². The first-order chi connectivity index (χ1) is 39.6. The molecule has 0 fully saturated rings. The van der Waals surface area contributed by atoms with E-state index in [-0.39, 0.29) is 18.4 Å². The predicted octanol–water partition coefficient (Wildman–Crippen LogP) is 20.6. The van der Waals surface area contributed by atoms with Crippen molar-refractivity contribution in [3.8, 4) is 24.3 Å². The number of alkyl halides is 1. The lowest BCUT2D eigenvalue weighted by atomic mass is 9.82. The quantitative estimate of drug-likeness (QED) is 0.0930. The fourth-order valence-corrected chi connectivity index (χ4v) is 11.2.